The predicted octanol–water partition coefficient (Wildman–Crippen LogP) is 1.88. The molecule has 0 bridgehead atoms. The molecule has 2 amide bonds. The van der Waals surface area contributed by atoms with Crippen molar-refractivity contribution < 1.29 is 40.1 Å². The molecule has 9 nitrogen and oxygen atoms in total. The van der Waals surface area contributed by atoms with Crippen molar-refractivity contribution in [3.63, 3.8) is 0 Å². The summed E-state index contributed by atoms with van der Waals surface area (Å²) >= 11 is 3.40. The van der Waals surface area contributed by atoms with Crippen LogP contribution in [0.5, 0.6) is 5.75 Å². The summed E-state index contributed by atoms with van der Waals surface area (Å²) in [6.45, 7) is 1.04. The van der Waals surface area contributed by atoms with E-state index < -0.39 is 56.0 Å². The van der Waals surface area contributed by atoms with E-state index in [1.54, 1.807) is 18.2 Å². The molecule has 4 atom stereocenters. The summed E-state index contributed by atoms with van der Waals surface area (Å²) in [6, 6.07) is 11.0. The number of carbonyl (C=O) groups is 2. The van der Waals surface area contributed by atoms with Crippen LogP contribution in [0.1, 0.15) is 38.2 Å². The first kappa shape index (κ1) is 30.2. The lowest BCUT2D eigenvalue weighted by Crippen LogP contribution is -2.39. The topological polar surface area (TPSA) is 159 Å². The molecule has 1 heterocycles. The average molecular weight is 614 g/mol. The number of benzene rings is 2. The molecule has 40 heavy (non-hydrogen) atoms. The van der Waals surface area contributed by atoms with Crippen molar-refractivity contribution in [2.45, 2.75) is 38.7 Å². The molecule has 1 aliphatic carbocycles. The van der Waals surface area contributed by atoms with Crippen molar-refractivity contribution in [3.8, 4) is 5.75 Å². The Morgan fingerprint density at radius 2 is 1.90 bits per heavy atom. The van der Waals surface area contributed by atoms with E-state index >= 15 is 0 Å². The third kappa shape index (κ3) is 5.95. The standard InChI is InChI=1S/C29H33BBrNO8/c1-2-16(10-17-11-20(31)7-9-24(17)35)6-8-25(36)26-18(14-33)12-22-27(23(26)15-34)29(38)32(28(22)37)21-5-3-4-19(13-21)30(39)40/h3-5,7,9-11,13,22-23,25,27,33-36,39-40H,2,6,8,12,14-15H2,1H3/b16-10+/t22-,23+,25-,27-/m1/s1. The van der Waals surface area contributed by atoms with Gasteiger partial charge in [0, 0.05) is 16.0 Å². The van der Waals surface area contributed by atoms with Crippen molar-refractivity contribution in [1.29, 1.82) is 0 Å². The number of aromatic hydroxyl groups is 1. The van der Waals surface area contributed by atoms with Gasteiger partial charge in [0.1, 0.15) is 5.75 Å². The van der Waals surface area contributed by atoms with Crippen molar-refractivity contribution in [2.75, 3.05) is 18.1 Å². The predicted molar refractivity (Wildman–Crippen MR) is 154 cm³/mol. The van der Waals surface area contributed by atoms with Crippen LogP contribution in [0.25, 0.3) is 6.08 Å². The van der Waals surface area contributed by atoms with Crippen LogP contribution in [0, 0.1) is 17.8 Å². The summed E-state index contributed by atoms with van der Waals surface area (Å²) in [5.41, 5.74) is 2.73. The highest BCUT2D eigenvalue weighted by Crippen LogP contribution is 2.47. The first-order valence-electron chi connectivity index (χ1n) is 13.2. The van der Waals surface area contributed by atoms with Gasteiger partial charge >= 0.3 is 7.12 Å². The minimum absolute atomic E-state index is 0.0653. The molecule has 0 saturated carbocycles. The van der Waals surface area contributed by atoms with Gasteiger partial charge in [0.2, 0.25) is 11.8 Å². The molecule has 1 aliphatic heterocycles. The van der Waals surface area contributed by atoms with E-state index in [0.29, 0.717) is 29.6 Å². The maximum Gasteiger partial charge on any atom is 0.488 e. The number of fused-ring (bicyclic) bond motifs is 1. The first-order valence-corrected chi connectivity index (χ1v) is 14.0. The van der Waals surface area contributed by atoms with E-state index in [1.807, 2.05) is 13.0 Å². The quantitative estimate of drug-likeness (QED) is 0.135. The minimum atomic E-state index is -1.78. The fraction of sp³-hybridized carbons (Fsp3) is 0.379. The Hall–Kier alpha value is -2.80. The minimum Gasteiger partial charge on any atom is -0.507 e. The molecule has 0 radical (unpaired) electrons. The highest BCUT2D eigenvalue weighted by atomic mass is 79.9. The average Bonchev–Trinajstić information content (AvgIpc) is 3.20. The second-order valence-electron chi connectivity index (χ2n) is 10.2. The number of allylic oxidation sites excluding steroid dienone is 1. The molecule has 2 aromatic carbocycles. The van der Waals surface area contributed by atoms with Gasteiger partial charge in [-0.15, -0.1) is 0 Å². The first-order chi connectivity index (χ1) is 19.1. The van der Waals surface area contributed by atoms with Crippen LogP contribution in [0.15, 0.2) is 63.7 Å². The molecule has 11 heteroatoms. The number of nitrogens with zero attached hydrogens (tertiary/aromatic N) is 1. The number of aliphatic hydroxyl groups excluding tert-OH is 3. The zero-order valence-corrected chi connectivity index (χ0v) is 23.7. The fourth-order valence-corrected chi connectivity index (χ4v) is 6.25. The zero-order valence-electron chi connectivity index (χ0n) is 22.1. The van der Waals surface area contributed by atoms with Crippen LogP contribution in [-0.2, 0) is 9.59 Å². The molecular formula is C29H33BBrNO8. The van der Waals surface area contributed by atoms with E-state index in [0.717, 1.165) is 14.9 Å². The number of amides is 2. The molecule has 0 aromatic heterocycles. The summed E-state index contributed by atoms with van der Waals surface area (Å²) < 4.78 is 0.816. The highest BCUT2D eigenvalue weighted by Gasteiger charge is 2.55. The number of rotatable bonds is 10. The zero-order chi connectivity index (χ0) is 29.1. The molecule has 2 aliphatic rings. The summed E-state index contributed by atoms with van der Waals surface area (Å²) in [4.78, 5) is 28.0. The van der Waals surface area contributed by atoms with Crippen molar-refractivity contribution in [1.82, 2.24) is 0 Å². The van der Waals surface area contributed by atoms with Gasteiger partial charge in [-0.2, -0.15) is 0 Å². The molecule has 6 N–H and O–H groups in total. The van der Waals surface area contributed by atoms with Gasteiger partial charge in [0.25, 0.3) is 0 Å². The van der Waals surface area contributed by atoms with Crippen LogP contribution < -0.4 is 10.4 Å². The number of phenols is 1. The Morgan fingerprint density at radius 1 is 1.15 bits per heavy atom. The molecular weight excluding hydrogens is 581 g/mol. The van der Waals surface area contributed by atoms with Crippen LogP contribution in [0.3, 0.4) is 0 Å². The number of anilines is 1. The largest absolute Gasteiger partial charge is 0.507 e. The Kier molecular flexibility index (Phi) is 9.66. The number of hydrogen-bond donors (Lipinski definition) is 6. The van der Waals surface area contributed by atoms with Gasteiger partial charge in [0.15, 0.2) is 0 Å². The summed E-state index contributed by atoms with van der Waals surface area (Å²) in [5, 5.41) is 61.2. The second-order valence-corrected chi connectivity index (χ2v) is 11.2. The van der Waals surface area contributed by atoms with Gasteiger partial charge in [0.05, 0.1) is 36.8 Å². The third-order valence-electron chi connectivity index (χ3n) is 7.90. The summed E-state index contributed by atoms with van der Waals surface area (Å²) in [7, 11) is -1.78. The smallest absolute Gasteiger partial charge is 0.488 e. The fourth-order valence-electron chi connectivity index (χ4n) is 5.87. The Balaban J connectivity index is 1.59. The molecule has 1 fully saturated rings. The van der Waals surface area contributed by atoms with Gasteiger partial charge < -0.3 is 30.5 Å². The number of hydrogen-bond acceptors (Lipinski definition) is 8. The molecule has 212 valence electrons. The summed E-state index contributed by atoms with van der Waals surface area (Å²) in [6.07, 6.45) is 2.24. The number of halogens is 1. The number of aliphatic hydroxyl groups is 3. The van der Waals surface area contributed by atoms with Crippen LogP contribution in [0.4, 0.5) is 5.69 Å². The molecule has 2 aromatic rings. The number of imide groups is 1. The maximum absolute atomic E-state index is 13.6. The van der Waals surface area contributed by atoms with Gasteiger partial charge in [-0.3, -0.25) is 14.5 Å². The number of phenolic OH excluding ortho intramolecular Hbond substituents is 1. The number of carbonyl (C=O) groups excluding carboxylic acids is 2. The lowest BCUT2D eigenvalue weighted by Gasteiger charge is -2.36. The van der Waals surface area contributed by atoms with Crippen LogP contribution in [0.2, 0.25) is 0 Å². The van der Waals surface area contributed by atoms with Gasteiger partial charge in [-0.05, 0) is 72.6 Å². The van der Waals surface area contributed by atoms with E-state index in [1.165, 1.54) is 24.3 Å². The van der Waals surface area contributed by atoms with Crippen molar-refractivity contribution in [3.05, 3.63) is 69.2 Å². The second kappa shape index (κ2) is 12.8. The lowest BCUT2D eigenvalue weighted by molar-refractivity contribution is -0.123. The van der Waals surface area contributed by atoms with Gasteiger partial charge in [-0.1, -0.05) is 46.6 Å². The van der Waals surface area contributed by atoms with E-state index in [4.69, 9.17) is 0 Å². The Bertz CT molecular complexity index is 1340. The lowest BCUT2D eigenvalue weighted by atomic mass is 9.68. The van der Waals surface area contributed by atoms with Crippen molar-refractivity contribution >= 4 is 52.1 Å². The molecule has 0 unspecified atom stereocenters. The van der Waals surface area contributed by atoms with Crippen molar-refractivity contribution in [2.24, 2.45) is 17.8 Å². The van der Waals surface area contributed by atoms with E-state index in [9.17, 15) is 40.1 Å². The molecule has 0 spiro atoms. The third-order valence-corrected chi connectivity index (χ3v) is 8.39. The monoisotopic (exact) mass is 613 g/mol. The SMILES string of the molecule is CC/C(=C\c1cc(Br)ccc1O)CC[C@@H](O)C1=C(CO)C[C@H]2C(=O)N(c3cccc(B(O)O)c3)C(=O)[C@H]2[C@H]1CO. The van der Waals surface area contributed by atoms with E-state index in [-0.39, 0.29) is 29.7 Å². The van der Waals surface area contributed by atoms with Crippen LogP contribution >= 0.6 is 15.9 Å². The summed E-state index contributed by atoms with van der Waals surface area (Å²) in [5.74, 6) is -3.53. The van der Waals surface area contributed by atoms with Crippen LogP contribution in [-0.4, -0.2) is 68.7 Å². The highest BCUT2D eigenvalue weighted by molar-refractivity contribution is 9.10. The molecule has 4 rings (SSSR count). The Labute approximate surface area is 241 Å². The normalized spacial score (nSPS) is 22.1. The Morgan fingerprint density at radius 3 is 2.55 bits per heavy atom. The molecule has 1 saturated heterocycles. The maximum atomic E-state index is 13.6. The van der Waals surface area contributed by atoms with Gasteiger partial charge in [-0.25, -0.2) is 0 Å². The van der Waals surface area contributed by atoms with E-state index in [2.05, 4.69) is 15.9 Å².